The molecule has 0 spiro atoms. The van der Waals surface area contributed by atoms with Gasteiger partial charge in [0, 0.05) is 40.3 Å². The number of hydrogen-bond donors (Lipinski definition) is 1. The van der Waals surface area contributed by atoms with Crippen LogP contribution in [0.2, 0.25) is 0 Å². The van der Waals surface area contributed by atoms with Crippen LogP contribution in [0.5, 0.6) is 0 Å². The number of aliphatic imine (C=N–C) groups is 1. The molecule has 2 unspecified atom stereocenters. The van der Waals surface area contributed by atoms with Crippen LogP contribution in [0.3, 0.4) is 0 Å². The third-order valence-electron chi connectivity index (χ3n) is 3.82. The van der Waals surface area contributed by atoms with Crippen LogP contribution < -0.4 is 5.32 Å². The van der Waals surface area contributed by atoms with E-state index in [1.807, 2.05) is 27.8 Å². The first kappa shape index (κ1) is 19.6. The second-order valence-corrected chi connectivity index (χ2v) is 7.73. The summed E-state index contributed by atoms with van der Waals surface area (Å²) in [4.78, 5) is 20.2. The molecule has 1 rings (SSSR count). The van der Waals surface area contributed by atoms with Gasteiger partial charge in [-0.05, 0) is 39.0 Å². The zero-order valence-electron chi connectivity index (χ0n) is 15.8. The quantitative estimate of drug-likeness (QED) is 0.639. The third-order valence-corrected chi connectivity index (χ3v) is 3.82. The lowest BCUT2D eigenvalue weighted by Crippen LogP contribution is -2.50. The molecule has 1 amide bonds. The average Bonchev–Trinajstić information content (AvgIpc) is 2.40. The minimum absolute atomic E-state index is 0.297. The predicted molar refractivity (Wildman–Crippen MR) is 94.7 cm³/mol. The van der Waals surface area contributed by atoms with Gasteiger partial charge in [-0.25, -0.2) is 4.79 Å². The van der Waals surface area contributed by atoms with Gasteiger partial charge in [0.05, 0.1) is 0 Å². The van der Waals surface area contributed by atoms with Crippen molar-refractivity contribution >= 4 is 12.1 Å². The molecule has 1 aliphatic rings. The number of ether oxygens (including phenoxy) is 1. The van der Waals surface area contributed by atoms with Gasteiger partial charge >= 0.3 is 6.09 Å². The molecule has 0 aliphatic carbocycles. The first-order chi connectivity index (χ1) is 10.6. The van der Waals surface area contributed by atoms with Crippen molar-refractivity contribution in [3.05, 3.63) is 0 Å². The van der Waals surface area contributed by atoms with E-state index in [0.29, 0.717) is 24.9 Å². The molecule has 0 bridgehead atoms. The molecule has 1 heterocycles. The highest BCUT2D eigenvalue weighted by Gasteiger charge is 2.24. The van der Waals surface area contributed by atoms with E-state index in [1.54, 1.807) is 11.9 Å². The number of carbonyl (C=O) groups excluding carboxylic acids is 1. The third kappa shape index (κ3) is 7.10. The number of rotatable bonds is 3. The molecule has 1 saturated heterocycles. The Bertz CT molecular complexity index is 407. The Labute approximate surface area is 141 Å². The van der Waals surface area contributed by atoms with Crippen molar-refractivity contribution in [2.24, 2.45) is 16.8 Å². The fraction of sp³-hybridized carbons (Fsp3) is 0.882. The summed E-state index contributed by atoms with van der Waals surface area (Å²) in [5, 5.41) is 3.36. The lowest BCUT2D eigenvalue weighted by Gasteiger charge is -2.37. The van der Waals surface area contributed by atoms with Gasteiger partial charge < -0.3 is 19.9 Å². The number of amides is 1. The smallest absolute Gasteiger partial charge is 0.410 e. The molecule has 1 aliphatic heterocycles. The van der Waals surface area contributed by atoms with Crippen molar-refractivity contribution in [2.75, 3.05) is 40.3 Å². The van der Waals surface area contributed by atoms with Crippen LogP contribution in [0.1, 0.15) is 41.0 Å². The SMILES string of the molecule is CN=C(NCCN(C)C(=O)OC(C)(C)C)N1CC(C)CC(C)C1. The zero-order valence-corrected chi connectivity index (χ0v) is 15.8. The number of guanidine groups is 1. The van der Waals surface area contributed by atoms with E-state index in [-0.39, 0.29) is 6.09 Å². The summed E-state index contributed by atoms with van der Waals surface area (Å²) in [6, 6.07) is 0. The minimum Gasteiger partial charge on any atom is -0.444 e. The molecule has 6 nitrogen and oxygen atoms in total. The monoisotopic (exact) mass is 326 g/mol. The van der Waals surface area contributed by atoms with Gasteiger partial charge in [-0.1, -0.05) is 13.8 Å². The van der Waals surface area contributed by atoms with Crippen molar-refractivity contribution in [1.82, 2.24) is 15.1 Å². The molecule has 23 heavy (non-hydrogen) atoms. The van der Waals surface area contributed by atoms with Crippen LogP contribution in [-0.2, 0) is 4.74 Å². The van der Waals surface area contributed by atoms with E-state index in [9.17, 15) is 4.79 Å². The lowest BCUT2D eigenvalue weighted by atomic mass is 9.92. The molecule has 134 valence electrons. The fourth-order valence-electron chi connectivity index (χ4n) is 2.93. The maximum absolute atomic E-state index is 11.9. The molecule has 0 radical (unpaired) electrons. The summed E-state index contributed by atoms with van der Waals surface area (Å²) in [7, 11) is 3.56. The van der Waals surface area contributed by atoms with Gasteiger partial charge in [-0.15, -0.1) is 0 Å². The Morgan fingerprint density at radius 2 is 1.87 bits per heavy atom. The van der Waals surface area contributed by atoms with Gasteiger partial charge in [0.2, 0.25) is 0 Å². The summed E-state index contributed by atoms with van der Waals surface area (Å²) in [5.74, 6) is 2.28. The largest absolute Gasteiger partial charge is 0.444 e. The molecule has 1 N–H and O–H groups in total. The predicted octanol–water partition coefficient (Wildman–Crippen LogP) is 2.41. The summed E-state index contributed by atoms with van der Waals surface area (Å²) < 4.78 is 5.35. The summed E-state index contributed by atoms with van der Waals surface area (Å²) in [6.07, 6.45) is 0.976. The average molecular weight is 326 g/mol. The number of hydrogen-bond acceptors (Lipinski definition) is 3. The number of likely N-dealkylation sites (tertiary alicyclic amines) is 1. The van der Waals surface area contributed by atoms with E-state index in [2.05, 4.69) is 29.1 Å². The molecule has 0 aromatic rings. The second kappa shape index (κ2) is 8.41. The number of nitrogens with one attached hydrogen (secondary N) is 1. The molecule has 2 atom stereocenters. The maximum Gasteiger partial charge on any atom is 0.410 e. The number of nitrogens with zero attached hydrogens (tertiary/aromatic N) is 3. The van der Waals surface area contributed by atoms with Crippen LogP contribution >= 0.6 is 0 Å². The van der Waals surface area contributed by atoms with Gasteiger partial charge in [0.25, 0.3) is 0 Å². The van der Waals surface area contributed by atoms with E-state index < -0.39 is 5.60 Å². The van der Waals surface area contributed by atoms with Crippen molar-refractivity contribution < 1.29 is 9.53 Å². The summed E-state index contributed by atoms with van der Waals surface area (Å²) >= 11 is 0. The first-order valence-electron chi connectivity index (χ1n) is 8.52. The first-order valence-corrected chi connectivity index (χ1v) is 8.52. The molecule has 6 heteroatoms. The highest BCUT2D eigenvalue weighted by Crippen LogP contribution is 2.20. The standard InChI is InChI=1S/C17H34N4O2/c1-13-10-14(2)12-21(11-13)15(18-6)19-8-9-20(7)16(22)23-17(3,4)5/h13-14H,8-12H2,1-7H3,(H,18,19). The van der Waals surface area contributed by atoms with E-state index >= 15 is 0 Å². The van der Waals surface area contributed by atoms with Crippen LogP contribution in [0, 0.1) is 11.8 Å². The topological polar surface area (TPSA) is 57.2 Å². The lowest BCUT2D eigenvalue weighted by molar-refractivity contribution is 0.0302. The van der Waals surface area contributed by atoms with Crippen LogP contribution in [0.15, 0.2) is 4.99 Å². The highest BCUT2D eigenvalue weighted by atomic mass is 16.6. The van der Waals surface area contributed by atoms with Crippen LogP contribution in [0.4, 0.5) is 4.79 Å². The normalized spacial score (nSPS) is 22.7. The summed E-state index contributed by atoms with van der Waals surface area (Å²) in [5.41, 5.74) is -0.463. The Hall–Kier alpha value is -1.46. The minimum atomic E-state index is -0.463. The summed E-state index contributed by atoms with van der Waals surface area (Å²) in [6.45, 7) is 13.5. The number of likely N-dealkylation sites (N-methyl/N-ethyl adjacent to an activating group) is 1. The van der Waals surface area contributed by atoms with Gasteiger partial charge in [-0.2, -0.15) is 0 Å². The Balaban J connectivity index is 2.42. The fourth-order valence-corrected chi connectivity index (χ4v) is 2.93. The second-order valence-electron chi connectivity index (χ2n) is 7.73. The Morgan fingerprint density at radius 3 is 2.35 bits per heavy atom. The van der Waals surface area contributed by atoms with Gasteiger partial charge in [0.15, 0.2) is 5.96 Å². The van der Waals surface area contributed by atoms with E-state index in [4.69, 9.17) is 4.74 Å². The molecular weight excluding hydrogens is 292 g/mol. The molecule has 0 saturated carbocycles. The zero-order chi connectivity index (χ0) is 17.6. The van der Waals surface area contributed by atoms with Crippen LogP contribution in [-0.4, -0.2) is 67.7 Å². The van der Waals surface area contributed by atoms with Crippen molar-refractivity contribution in [2.45, 2.75) is 46.6 Å². The Kier molecular flexibility index (Phi) is 7.16. The molecule has 0 aromatic heterocycles. The van der Waals surface area contributed by atoms with Gasteiger partial charge in [0.1, 0.15) is 5.60 Å². The maximum atomic E-state index is 11.9. The Morgan fingerprint density at radius 1 is 1.30 bits per heavy atom. The number of piperidine rings is 1. The van der Waals surface area contributed by atoms with Crippen molar-refractivity contribution in [1.29, 1.82) is 0 Å². The van der Waals surface area contributed by atoms with Crippen molar-refractivity contribution in [3.63, 3.8) is 0 Å². The van der Waals surface area contributed by atoms with E-state index in [0.717, 1.165) is 19.0 Å². The molecular formula is C17H34N4O2. The molecule has 0 aromatic carbocycles. The van der Waals surface area contributed by atoms with Crippen molar-refractivity contribution in [3.8, 4) is 0 Å². The van der Waals surface area contributed by atoms with Crippen LogP contribution in [0.25, 0.3) is 0 Å². The van der Waals surface area contributed by atoms with E-state index in [1.165, 1.54) is 6.42 Å². The molecule has 1 fully saturated rings. The van der Waals surface area contributed by atoms with Gasteiger partial charge in [-0.3, -0.25) is 4.99 Å². The number of carbonyl (C=O) groups is 1. The highest BCUT2D eigenvalue weighted by molar-refractivity contribution is 5.80.